The molecule has 0 atom stereocenters. The molecule has 0 unspecified atom stereocenters. The Bertz CT molecular complexity index is 3060. The Morgan fingerprint density at radius 1 is 0.340 bits per heavy atom. The van der Waals surface area contributed by atoms with E-state index < -0.39 is 0 Å². The average Bonchev–Trinajstić information content (AvgIpc) is 3.81. The highest BCUT2D eigenvalue weighted by atomic mass is 15.0. The topological polar surface area (TPSA) is 9.86 Å². The van der Waals surface area contributed by atoms with E-state index in [9.17, 15) is 0 Å². The smallest absolute Gasteiger partial charge is 0.0548 e. The molecule has 0 saturated heterocycles. The Kier molecular flexibility index (Phi) is 6.33. The average molecular weight is 677 g/mol. The lowest BCUT2D eigenvalue weighted by Crippen LogP contribution is -2.14. The zero-order valence-electron chi connectivity index (χ0n) is 29.7. The Hall–Kier alpha value is -6.64. The highest BCUT2D eigenvalue weighted by Crippen LogP contribution is 2.50. The second kappa shape index (κ2) is 11.2. The van der Waals surface area contributed by atoms with Crippen molar-refractivity contribution in [3.05, 3.63) is 193 Å². The molecule has 0 spiro atoms. The molecule has 250 valence electrons. The third kappa shape index (κ3) is 4.33. The van der Waals surface area contributed by atoms with Crippen molar-refractivity contribution >= 4 is 43.6 Å². The Morgan fingerprint density at radius 3 is 1.53 bits per heavy atom. The fourth-order valence-corrected chi connectivity index (χ4v) is 9.23. The van der Waals surface area contributed by atoms with Crippen molar-refractivity contribution in [2.75, 3.05) is 0 Å². The summed E-state index contributed by atoms with van der Waals surface area (Å²) >= 11 is 0. The summed E-state index contributed by atoms with van der Waals surface area (Å²) in [6.07, 6.45) is 0. The molecule has 2 nitrogen and oxygen atoms in total. The van der Waals surface area contributed by atoms with Crippen molar-refractivity contribution in [2.45, 2.75) is 19.3 Å². The van der Waals surface area contributed by atoms with E-state index in [1.807, 2.05) is 0 Å². The van der Waals surface area contributed by atoms with Crippen LogP contribution in [0, 0.1) is 0 Å². The molecule has 8 aromatic carbocycles. The minimum absolute atomic E-state index is 0.0241. The van der Waals surface area contributed by atoms with Gasteiger partial charge in [-0.3, -0.25) is 0 Å². The van der Waals surface area contributed by atoms with Crippen molar-refractivity contribution in [3.63, 3.8) is 0 Å². The summed E-state index contributed by atoms with van der Waals surface area (Å²) in [5, 5.41) is 5.12. The van der Waals surface area contributed by atoms with Gasteiger partial charge in [-0.2, -0.15) is 0 Å². The van der Waals surface area contributed by atoms with Gasteiger partial charge < -0.3 is 9.13 Å². The molecule has 0 aliphatic heterocycles. The van der Waals surface area contributed by atoms with E-state index >= 15 is 0 Å². The summed E-state index contributed by atoms with van der Waals surface area (Å²) in [4.78, 5) is 0. The van der Waals surface area contributed by atoms with E-state index in [-0.39, 0.29) is 5.41 Å². The van der Waals surface area contributed by atoms with E-state index in [0.29, 0.717) is 0 Å². The van der Waals surface area contributed by atoms with Crippen LogP contribution >= 0.6 is 0 Å². The van der Waals surface area contributed by atoms with Crippen LogP contribution in [0.2, 0.25) is 0 Å². The lowest BCUT2D eigenvalue weighted by molar-refractivity contribution is 0.660. The molecule has 11 rings (SSSR count). The number of para-hydroxylation sites is 2. The first-order valence-electron chi connectivity index (χ1n) is 18.5. The standard InChI is InChI=1S/C51H36N2/c1-51(2)43-20-9-6-17-39(43)42-32-38(27-28-44(42)51)53-46-22-11-8-19-41(46)50-48(53)30-29-47-49(50)40-18-7-10-21-45(40)52(47)37-25-23-34(24-26-37)36-16-12-15-35(31-36)33-13-4-3-5-14-33/h3-32H,1-2H3. The number of hydrogen-bond donors (Lipinski definition) is 0. The molecule has 2 heterocycles. The zero-order valence-corrected chi connectivity index (χ0v) is 29.7. The first kappa shape index (κ1) is 30.0. The van der Waals surface area contributed by atoms with Crippen LogP contribution in [0.4, 0.5) is 0 Å². The molecule has 1 aliphatic rings. The van der Waals surface area contributed by atoms with Crippen LogP contribution in [0.1, 0.15) is 25.0 Å². The third-order valence-corrected chi connectivity index (χ3v) is 11.7. The van der Waals surface area contributed by atoms with Crippen LogP contribution in [-0.4, -0.2) is 9.13 Å². The molecule has 2 heteroatoms. The number of nitrogens with zero attached hydrogens (tertiary/aromatic N) is 2. The van der Waals surface area contributed by atoms with Crippen LogP contribution in [0.3, 0.4) is 0 Å². The maximum absolute atomic E-state index is 2.47. The van der Waals surface area contributed by atoms with Gasteiger partial charge in [0.15, 0.2) is 0 Å². The van der Waals surface area contributed by atoms with Gasteiger partial charge >= 0.3 is 0 Å². The van der Waals surface area contributed by atoms with Crippen LogP contribution < -0.4 is 0 Å². The summed E-state index contributed by atoms with van der Waals surface area (Å²) in [5.74, 6) is 0. The number of hydrogen-bond acceptors (Lipinski definition) is 0. The van der Waals surface area contributed by atoms with Crippen LogP contribution in [-0.2, 0) is 5.41 Å². The predicted molar refractivity (Wildman–Crippen MR) is 224 cm³/mol. The lowest BCUT2D eigenvalue weighted by Gasteiger charge is -2.21. The molecular formula is C51H36N2. The minimum Gasteiger partial charge on any atom is -0.309 e. The highest BCUT2D eigenvalue weighted by molar-refractivity contribution is 6.28. The van der Waals surface area contributed by atoms with E-state index in [2.05, 4.69) is 205 Å². The molecule has 2 aromatic heterocycles. The molecule has 0 saturated carbocycles. The predicted octanol–water partition coefficient (Wildman–Crippen LogP) is 13.5. The van der Waals surface area contributed by atoms with Gasteiger partial charge in [0.25, 0.3) is 0 Å². The summed E-state index contributed by atoms with van der Waals surface area (Å²) < 4.78 is 4.91. The van der Waals surface area contributed by atoms with Gasteiger partial charge in [0, 0.05) is 38.3 Å². The molecule has 0 radical (unpaired) electrons. The molecule has 0 N–H and O–H groups in total. The van der Waals surface area contributed by atoms with Crippen molar-refractivity contribution in [3.8, 4) is 44.8 Å². The molecule has 0 amide bonds. The van der Waals surface area contributed by atoms with Gasteiger partial charge in [0.2, 0.25) is 0 Å². The van der Waals surface area contributed by atoms with Gasteiger partial charge in [-0.25, -0.2) is 0 Å². The van der Waals surface area contributed by atoms with Crippen molar-refractivity contribution in [1.29, 1.82) is 0 Å². The monoisotopic (exact) mass is 676 g/mol. The summed E-state index contributed by atoms with van der Waals surface area (Å²) in [6, 6.07) is 67.0. The van der Waals surface area contributed by atoms with Crippen molar-refractivity contribution in [1.82, 2.24) is 9.13 Å². The molecule has 0 bridgehead atoms. The van der Waals surface area contributed by atoms with Gasteiger partial charge in [-0.1, -0.05) is 141 Å². The molecule has 53 heavy (non-hydrogen) atoms. The third-order valence-electron chi connectivity index (χ3n) is 11.7. The fraction of sp³-hybridized carbons (Fsp3) is 0.0588. The SMILES string of the molecule is CC1(C)c2ccccc2-c2cc(-n3c4ccccc4c4c5c6ccccc6n(-c6ccc(-c7cccc(-c8ccccc8)c7)cc6)c5ccc43)ccc21. The molecular weight excluding hydrogens is 641 g/mol. The number of benzene rings is 8. The van der Waals surface area contributed by atoms with E-state index in [1.54, 1.807) is 0 Å². The van der Waals surface area contributed by atoms with E-state index in [4.69, 9.17) is 0 Å². The van der Waals surface area contributed by atoms with Crippen LogP contribution in [0.5, 0.6) is 0 Å². The first-order valence-corrected chi connectivity index (χ1v) is 18.5. The molecule has 10 aromatic rings. The van der Waals surface area contributed by atoms with Gasteiger partial charge in [-0.05, 0) is 99.1 Å². The second-order valence-electron chi connectivity index (χ2n) is 15.0. The van der Waals surface area contributed by atoms with Crippen molar-refractivity contribution in [2.24, 2.45) is 0 Å². The molecule has 1 aliphatic carbocycles. The minimum atomic E-state index is -0.0241. The summed E-state index contributed by atoms with van der Waals surface area (Å²) in [5.41, 5.74) is 17.5. The number of aromatic nitrogens is 2. The Morgan fingerprint density at radius 2 is 0.849 bits per heavy atom. The largest absolute Gasteiger partial charge is 0.309 e. The fourth-order valence-electron chi connectivity index (χ4n) is 9.23. The summed E-state index contributed by atoms with van der Waals surface area (Å²) in [6.45, 7) is 4.70. The van der Waals surface area contributed by atoms with Gasteiger partial charge in [0.1, 0.15) is 0 Å². The zero-order chi connectivity index (χ0) is 35.3. The molecule has 0 fully saturated rings. The highest BCUT2D eigenvalue weighted by Gasteiger charge is 2.35. The van der Waals surface area contributed by atoms with Crippen LogP contribution in [0.25, 0.3) is 88.4 Å². The number of rotatable bonds is 4. The van der Waals surface area contributed by atoms with E-state index in [0.717, 1.165) is 5.69 Å². The number of fused-ring (bicyclic) bond motifs is 10. The quantitative estimate of drug-likeness (QED) is 0.176. The van der Waals surface area contributed by atoms with Crippen LogP contribution in [0.15, 0.2) is 182 Å². The van der Waals surface area contributed by atoms with Gasteiger partial charge in [-0.15, -0.1) is 0 Å². The summed E-state index contributed by atoms with van der Waals surface area (Å²) in [7, 11) is 0. The first-order chi connectivity index (χ1) is 26.1. The Labute approximate surface area is 308 Å². The van der Waals surface area contributed by atoms with Gasteiger partial charge in [0.05, 0.1) is 22.1 Å². The lowest BCUT2D eigenvalue weighted by atomic mass is 9.82. The normalized spacial score (nSPS) is 13.2. The second-order valence-corrected chi connectivity index (χ2v) is 15.0. The van der Waals surface area contributed by atoms with E-state index in [1.165, 1.54) is 93.8 Å². The van der Waals surface area contributed by atoms with Crippen molar-refractivity contribution < 1.29 is 0 Å². The Balaban J connectivity index is 1.10. The maximum Gasteiger partial charge on any atom is 0.0548 e. The maximum atomic E-state index is 2.47.